The van der Waals surface area contributed by atoms with E-state index in [1.165, 1.54) is 18.3 Å². The molecule has 0 aliphatic carbocycles. The Labute approximate surface area is 133 Å². The van der Waals surface area contributed by atoms with Crippen molar-refractivity contribution in [3.05, 3.63) is 54.0 Å². The Hall–Kier alpha value is -2.63. The van der Waals surface area contributed by atoms with Gasteiger partial charge >= 0.3 is 5.97 Å². The third kappa shape index (κ3) is 3.77. The molecule has 6 heteroatoms. The molecule has 0 atom stereocenters. The van der Waals surface area contributed by atoms with Crippen molar-refractivity contribution in [3.63, 3.8) is 0 Å². The summed E-state index contributed by atoms with van der Waals surface area (Å²) in [5.74, 6) is 0.197. The number of ether oxygens (including phenoxy) is 1. The number of piperidine rings is 1. The van der Waals surface area contributed by atoms with Crippen LogP contribution in [-0.4, -0.2) is 35.3 Å². The Kier molecular flexibility index (Phi) is 4.41. The number of hydrogen-bond donors (Lipinski definition) is 1. The SMILES string of the molecule is O=C(O)c1ccc(N2CCC(Oc3ccc(F)cc3)CC2)nc1. The summed E-state index contributed by atoms with van der Waals surface area (Å²) >= 11 is 0. The van der Waals surface area contributed by atoms with E-state index < -0.39 is 5.97 Å². The maximum Gasteiger partial charge on any atom is 0.337 e. The molecule has 0 bridgehead atoms. The van der Waals surface area contributed by atoms with Crippen molar-refractivity contribution >= 4 is 11.8 Å². The zero-order chi connectivity index (χ0) is 16.2. The van der Waals surface area contributed by atoms with E-state index in [-0.39, 0.29) is 17.5 Å². The standard InChI is InChI=1S/C17H17FN2O3/c18-13-2-4-14(5-3-13)23-15-7-9-20(10-8-15)16-6-1-12(11-19-16)17(21)22/h1-6,11,15H,7-10H2,(H,21,22). The largest absolute Gasteiger partial charge is 0.490 e. The van der Waals surface area contributed by atoms with Crippen LogP contribution < -0.4 is 9.64 Å². The molecule has 1 saturated heterocycles. The molecule has 2 heterocycles. The number of hydrogen-bond acceptors (Lipinski definition) is 4. The molecule has 0 radical (unpaired) electrons. The molecule has 0 saturated carbocycles. The highest BCUT2D eigenvalue weighted by Crippen LogP contribution is 2.22. The Morgan fingerprint density at radius 3 is 2.43 bits per heavy atom. The van der Waals surface area contributed by atoms with Crippen LogP contribution in [0.3, 0.4) is 0 Å². The molecule has 0 amide bonds. The van der Waals surface area contributed by atoms with Crippen LogP contribution in [0.15, 0.2) is 42.6 Å². The van der Waals surface area contributed by atoms with Crippen molar-refractivity contribution in [2.24, 2.45) is 0 Å². The Morgan fingerprint density at radius 2 is 1.87 bits per heavy atom. The van der Waals surface area contributed by atoms with Gasteiger partial charge in [0, 0.05) is 32.1 Å². The van der Waals surface area contributed by atoms with E-state index in [2.05, 4.69) is 9.88 Å². The zero-order valence-electron chi connectivity index (χ0n) is 12.5. The number of pyridine rings is 1. The number of benzene rings is 1. The monoisotopic (exact) mass is 316 g/mol. The van der Waals surface area contributed by atoms with E-state index in [1.807, 2.05) is 0 Å². The van der Waals surface area contributed by atoms with Gasteiger partial charge in [-0.2, -0.15) is 0 Å². The molecule has 1 aliphatic rings. The van der Waals surface area contributed by atoms with Gasteiger partial charge < -0.3 is 14.7 Å². The fourth-order valence-corrected chi connectivity index (χ4v) is 2.61. The van der Waals surface area contributed by atoms with Gasteiger partial charge in [-0.05, 0) is 36.4 Å². The van der Waals surface area contributed by atoms with E-state index >= 15 is 0 Å². The summed E-state index contributed by atoms with van der Waals surface area (Å²) in [6.07, 6.45) is 3.13. The summed E-state index contributed by atoms with van der Waals surface area (Å²) in [7, 11) is 0. The molecular weight excluding hydrogens is 299 g/mol. The molecule has 1 aliphatic heterocycles. The smallest absolute Gasteiger partial charge is 0.337 e. The van der Waals surface area contributed by atoms with Crippen LogP contribution >= 0.6 is 0 Å². The molecule has 2 aromatic rings. The molecule has 1 aromatic heterocycles. The second-order valence-corrected chi connectivity index (χ2v) is 5.47. The summed E-state index contributed by atoms with van der Waals surface area (Å²) in [4.78, 5) is 17.1. The minimum atomic E-state index is -0.976. The Bertz CT molecular complexity index is 665. The summed E-state index contributed by atoms with van der Waals surface area (Å²) in [5, 5.41) is 8.88. The quantitative estimate of drug-likeness (QED) is 0.939. The minimum absolute atomic E-state index is 0.0926. The van der Waals surface area contributed by atoms with Crippen molar-refractivity contribution in [3.8, 4) is 5.75 Å². The third-order valence-corrected chi connectivity index (χ3v) is 3.88. The molecule has 1 N–H and O–H groups in total. The maximum atomic E-state index is 12.9. The molecular formula is C17H17FN2O3. The first-order valence-corrected chi connectivity index (χ1v) is 7.48. The maximum absolute atomic E-state index is 12.9. The van der Waals surface area contributed by atoms with Crippen molar-refractivity contribution < 1.29 is 19.0 Å². The normalized spacial score (nSPS) is 15.4. The lowest BCUT2D eigenvalue weighted by Gasteiger charge is -2.33. The van der Waals surface area contributed by atoms with Crippen LogP contribution in [0.2, 0.25) is 0 Å². The lowest BCUT2D eigenvalue weighted by Crippen LogP contribution is -2.38. The number of aromatic nitrogens is 1. The summed E-state index contributed by atoms with van der Waals surface area (Å²) in [6, 6.07) is 9.33. The highest BCUT2D eigenvalue weighted by atomic mass is 19.1. The number of carbonyl (C=O) groups is 1. The van der Waals surface area contributed by atoms with Gasteiger partial charge in [-0.25, -0.2) is 14.2 Å². The molecule has 0 spiro atoms. The Morgan fingerprint density at radius 1 is 1.17 bits per heavy atom. The zero-order valence-corrected chi connectivity index (χ0v) is 12.5. The van der Waals surface area contributed by atoms with Crippen molar-refractivity contribution in [2.75, 3.05) is 18.0 Å². The number of aromatic carboxylic acids is 1. The highest BCUT2D eigenvalue weighted by molar-refractivity contribution is 5.87. The molecule has 0 unspecified atom stereocenters. The highest BCUT2D eigenvalue weighted by Gasteiger charge is 2.21. The van der Waals surface area contributed by atoms with E-state index in [9.17, 15) is 9.18 Å². The van der Waals surface area contributed by atoms with Gasteiger partial charge in [0.15, 0.2) is 0 Å². The Balaban J connectivity index is 1.55. The molecule has 3 rings (SSSR count). The summed E-state index contributed by atoms with van der Waals surface area (Å²) < 4.78 is 18.7. The number of rotatable bonds is 4. The lowest BCUT2D eigenvalue weighted by molar-refractivity contribution is 0.0696. The summed E-state index contributed by atoms with van der Waals surface area (Å²) in [6.45, 7) is 1.57. The molecule has 23 heavy (non-hydrogen) atoms. The number of carboxylic acids is 1. The fraction of sp³-hybridized carbons (Fsp3) is 0.294. The summed E-state index contributed by atoms with van der Waals surface area (Å²) in [5.41, 5.74) is 0.184. The van der Waals surface area contributed by atoms with Crippen LogP contribution in [0.25, 0.3) is 0 Å². The average molecular weight is 316 g/mol. The van der Waals surface area contributed by atoms with Gasteiger partial charge in [-0.3, -0.25) is 0 Å². The molecule has 120 valence electrons. The van der Waals surface area contributed by atoms with Gasteiger partial charge in [0.1, 0.15) is 23.5 Å². The molecule has 1 fully saturated rings. The van der Waals surface area contributed by atoms with E-state index in [1.54, 1.807) is 24.3 Å². The fourth-order valence-electron chi connectivity index (χ4n) is 2.61. The second kappa shape index (κ2) is 6.64. The number of halogens is 1. The van der Waals surface area contributed by atoms with E-state index in [0.29, 0.717) is 5.75 Å². The topological polar surface area (TPSA) is 62.7 Å². The first-order valence-electron chi connectivity index (χ1n) is 7.48. The third-order valence-electron chi connectivity index (χ3n) is 3.88. The van der Waals surface area contributed by atoms with Crippen LogP contribution in [-0.2, 0) is 0 Å². The number of nitrogens with zero attached hydrogens (tertiary/aromatic N) is 2. The van der Waals surface area contributed by atoms with E-state index in [0.717, 1.165) is 31.7 Å². The van der Waals surface area contributed by atoms with Crippen LogP contribution in [0.5, 0.6) is 5.75 Å². The minimum Gasteiger partial charge on any atom is -0.490 e. The number of carboxylic acid groups (broad SMARTS) is 1. The first kappa shape index (κ1) is 15.3. The van der Waals surface area contributed by atoms with E-state index in [4.69, 9.17) is 9.84 Å². The van der Waals surface area contributed by atoms with Gasteiger partial charge in [-0.1, -0.05) is 0 Å². The number of anilines is 1. The van der Waals surface area contributed by atoms with Crippen LogP contribution in [0, 0.1) is 5.82 Å². The van der Waals surface area contributed by atoms with Crippen molar-refractivity contribution in [2.45, 2.75) is 18.9 Å². The predicted octanol–water partition coefficient (Wildman–Crippen LogP) is 2.97. The predicted molar refractivity (Wildman–Crippen MR) is 83.5 cm³/mol. The van der Waals surface area contributed by atoms with Gasteiger partial charge in [0.25, 0.3) is 0 Å². The van der Waals surface area contributed by atoms with Crippen molar-refractivity contribution in [1.82, 2.24) is 4.98 Å². The van der Waals surface area contributed by atoms with Gasteiger partial charge in [0.2, 0.25) is 0 Å². The first-order chi connectivity index (χ1) is 11.1. The second-order valence-electron chi connectivity index (χ2n) is 5.47. The lowest BCUT2D eigenvalue weighted by atomic mass is 10.1. The van der Waals surface area contributed by atoms with Crippen LogP contribution in [0.4, 0.5) is 10.2 Å². The van der Waals surface area contributed by atoms with Crippen LogP contribution in [0.1, 0.15) is 23.2 Å². The average Bonchev–Trinajstić information content (AvgIpc) is 2.58. The van der Waals surface area contributed by atoms with Gasteiger partial charge in [-0.15, -0.1) is 0 Å². The van der Waals surface area contributed by atoms with Gasteiger partial charge in [0.05, 0.1) is 5.56 Å². The molecule has 5 nitrogen and oxygen atoms in total. The van der Waals surface area contributed by atoms with Crippen molar-refractivity contribution in [1.29, 1.82) is 0 Å². The molecule has 1 aromatic carbocycles.